The van der Waals surface area contributed by atoms with E-state index >= 15 is 0 Å². The van der Waals surface area contributed by atoms with Crippen LogP contribution >= 0.6 is 11.3 Å². The highest BCUT2D eigenvalue weighted by Gasteiger charge is 2.14. The van der Waals surface area contributed by atoms with Crippen LogP contribution in [0.5, 0.6) is 0 Å². The van der Waals surface area contributed by atoms with Crippen molar-refractivity contribution in [3.63, 3.8) is 0 Å². The van der Waals surface area contributed by atoms with Crippen LogP contribution in [0.15, 0.2) is 53.9 Å². The van der Waals surface area contributed by atoms with E-state index in [1.807, 2.05) is 29.6 Å². The predicted molar refractivity (Wildman–Crippen MR) is 92.1 cm³/mol. The number of rotatable bonds is 6. The van der Waals surface area contributed by atoms with Gasteiger partial charge in [-0.15, -0.1) is 11.3 Å². The number of thiophene rings is 1. The van der Waals surface area contributed by atoms with Crippen molar-refractivity contribution < 1.29 is 14.7 Å². The summed E-state index contributed by atoms with van der Waals surface area (Å²) in [7, 11) is 0. The average Bonchev–Trinajstić information content (AvgIpc) is 3.06. The zero-order valence-electron chi connectivity index (χ0n) is 12.5. The highest BCUT2D eigenvalue weighted by Crippen LogP contribution is 2.23. The average molecular weight is 324 g/mol. The summed E-state index contributed by atoms with van der Waals surface area (Å²) >= 11 is 1.64. The van der Waals surface area contributed by atoms with Gasteiger partial charge in [0.25, 0.3) is 0 Å². The van der Waals surface area contributed by atoms with Crippen LogP contribution in [0.2, 0.25) is 0 Å². The van der Waals surface area contributed by atoms with E-state index in [1.165, 1.54) is 0 Å². The van der Waals surface area contributed by atoms with Gasteiger partial charge < -0.3 is 5.11 Å². The third-order valence-electron chi connectivity index (χ3n) is 3.84. The van der Waals surface area contributed by atoms with E-state index in [4.69, 9.17) is 0 Å². The number of benzene rings is 2. The fraction of sp³-hybridized carbons (Fsp3) is 0.158. The van der Waals surface area contributed by atoms with Gasteiger partial charge in [0, 0.05) is 28.7 Å². The number of fused-ring (bicyclic) bond motifs is 1. The van der Waals surface area contributed by atoms with E-state index in [0.717, 1.165) is 10.1 Å². The van der Waals surface area contributed by atoms with Crippen molar-refractivity contribution in [2.45, 2.75) is 19.4 Å². The third kappa shape index (κ3) is 3.38. The fourth-order valence-electron chi connectivity index (χ4n) is 2.58. The summed E-state index contributed by atoms with van der Waals surface area (Å²) in [4.78, 5) is 24.6. The molecule has 3 rings (SSSR count). The Balaban J connectivity index is 1.69. The zero-order valence-corrected chi connectivity index (χ0v) is 13.3. The molecule has 1 N–H and O–H groups in total. The molecule has 0 atom stereocenters. The molecule has 3 aromatic rings. The van der Waals surface area contributed by atoms with E-state index in [-0.39, 0.29) is 31.0 Å². The SMILES string of the molecule is O=C(CCC(=O)c1ccccc1CO)c1ccc2sccc2c1. The lowest BCUT2D eigenvalue weighted by Crippen LogP contribution is -2.07. The first-order chi connectivity index (χ1) is 11.2. The maximum Gasteiger partial charge on any atom is 0.163 e. The molecule has 0 unspecified atom stereocenters. The van der Waals surface area contributed by atoms with Crippen LogP contribution in [0, 0.1) is 0 Å². The molecule has 2 aromatic carbocycles. The van der Waals surface area contributed by atoms with Crippen molar-refractivity contribution in [1.29, 1.82) is 0 Å². The molecule has 0 aliphatic rings. The Kier molecular flexibility index (Phi) is 4.65. The molecule has 0 aliphatic carbocycles. The number of aliphatic hydroxyl groups excluding tert-OH is 1. The lowest BCUT2D eigenvalue weighted by Gasteiger charge is -2.06. The molecule has 0 aliphatic heterocycles. The number of carbonyl (C=O) groups excluding carboxylic acids is 2. The van der Waals surface area contributed by atoms with Crippen molar-refractivity contribution in [2.24, 2.45) is 0 Å². The molecule has 4 heteroatoms. The van der Waals surface area contributed by atoms with Gasteiger partial charge in [0.1, 0.15) is 0 Å². The summed E-state index contributed by atoms with van der Waals surface area (Å²) in [5.41, 5.74) is 1.74. The van der Waals surface area contributed by atoms with Crippen LogP contribution < -0.4 is 0 Å². The van der Waals surface area contributed by atoms with Crippen LogP contribution in [0.3, 0.4) is 0 Å². The lowest BCUT2D eigenvalue weighted by atomic mass is 9.98. The van der Waals surface area contributed by atoms with E-state index in [9.17, 15) is 14.7 Å². The minimum Gasteiger partial charge on any atom is -0.392 e. The Hall–Kier alpha value is -2.30. The van der Waals surface area contributed by atoms with Gasteiger partial charge in [-0.25, -0.2) is 0 Å². The van der Waals surface area contributed by atoms with E-state index in [2.05, 4.69) is 0 Å². The van der Waals surface area contributed by atoms with Gasteiger partial charge in [-0.05, 0) is 40.6 Å². The van der Waals surface area contributed by atoms with Gasteiger partial charge in [-0.3, -0.25) is 9.59 Å². The zero-order chi connectivity index (χ0) is 16.2. The van der Waals surface area contributed by atoms with Gasteiger partial charge >= 0.3 is 0 Å². The summed E-state index contributed by atoms with van der Waals surface area (Å²) in [6.45, 7) is -0.176. The summed E-state index contributed by atoms with van der Waals surface area (Å²) in [5.74, 6) is -0.146. The van der Waals surface area contributed by atoms with Gasteiger partial charge in [-0.2, -0.15) is 0 Å². The second kappa shape index (κ2) is 6.86. The second-order valence-corrected chi connectivity index (χ2v) is 6.28. The minimum absolute atomic E-state index is 0.0343. The molecule has 0 spiro atoms. The molecular formula is C19H16O3S. The number of aliphatic hydroxyl groups is 1. The predicted octanol–water partition coefficient (Wildman–Crippen LogP) is 4.24. The first-order valence-corrected chi connectivity index (χ1v) is 8.29. The maximum atomic E-state index is 12.3. The second-order valence-electron chi connectivity index (χ2n) is 5.33. The summed E-state index contributed by atoms with van der Waals surface area (Å²) in [5, 5.41) is 12.3. The summed E-state index contributed by atoms with van der Waals surface area (Å²) in [6, 6.07) is 14.6. The molecule has 23 heavy (non-hydrogen) atoms. The Morgan fingerprint density at radius 1 is 0.957 bits per heavy atom. The standard InChI is InChI=1S/C19H16O3S/c20-12-15-3-1-2-4-16(15)18(22)7-6-17(21)13-5-8-19-14(11-13)9-10-23-19/h1-5,8-11,20H,6-7,12H2. The first kappa shape index (κ1) is 15.6. The van der Waals surface area contributed by atoms with Crippen LogP contribution in [-0.2, 0) is 6.61 Å². The normalized spacial score (nSPS) is 10.8. The number of hydrogen-bond acceptors (Lipinski definition) is 4. The van der Waals surface area contributed by atoms with Crippen molar-refractivity contribution in [3.05, 3.63) is 70.6 Å². The molecule has 116 valence electrons. The van der Waals surface area contributed by atoms with E-state index < -0.39 is 0 Å². The number of carbonyl (C=O) groups is 2. The Morgan fingerprint density at radius 2 is 1.74 bits per heavy atom. The molecule has 0 bridgehead atoms. The molecule has 3 nitrogen and oxygen atoms in total. The van der Waals surface area contributed by atoms with Crippen molar-refractivity contribution >= 4 is 33.0 Å². The van der Waals surface area contributed by atoms with Crippen LogP contribution in [0.25, 0.3) is 10.1 Å². The van der Waals surface area contributed by atoms with Crippen molar-refractivity contribution in [1.82, 2.24) is 0 Å². The van der Waals surface area contributed by atoms with E-state index in [0.29, 0.717) is 16.7 Å². The lowest BCUT2D eigenvalue weighted by molar-refractivity contribution is 0.0916. The summed E-state index contributed by atoms with van der Waals surface area (Å²) in [6.07, 6.45) is 0.325. The molecule has 0 fully saturated rings. The van der Waals surface area contributed by atoms with Crippen LogP contribution in [0.4, 0.5) is 0 Å². The molecule has 1 aromatic heterocycles. The first-order valence-electron chi connectivity index (χ1n) is 7.41. The van der Waals surface area contributed by atoms with Gasteiger partial charge in [0.05, 0.1) is 6.61 Å². The van der Waals surface area contributed by atoms with Gasteiger partial charge in [-0.1, -0.05) is 24.3 Å². The van der Waals surface area contributed by atoms with Gasteiger partial charge in [0.2, 0.25) is 0 Å². The van der Waals surface area contributed by atoms with Crippen molar-refractivity contribution in [2.75, 3.05) is 0 Å². The quantitative estimate of drug-likeness (QED) is 0.690. The smallest absolute Gasteiger partial charge is 0.163 e. The Labute approximate surface area is 138 Å². The monoisotopic (exact) mass is 324 g/mol. The molecule has 0 amide bonds. The third-order valence-corrected chi connectivity index (χ3v) is 4.74. The van der Waals surface area contributed by atoms with Crippen LogP contribution in [0.1, 0.15) is 39.1 Å². The highest BCUT2D eigenvalue weighted by atomic mass is 32.1. The molecule has 0 radical (unpaired) electrons. The molecular weight excluding hydrogens is 308 g/mol. The number of ketones is 2. The molecule has 0 saturated heterocycles. The Morgan fingerprint density at radius 3 is 2.57 bits per heavy atom. The minimum atomic E-state index is -0.176. The number of Topliss-reactive ketones (excluding diaryl/α,β-unsaturated/α-hetero) is 2. The molecule has 0 saturated carbocycles. The summed E-state index contributed by atoms with van der Waals surface area (Å²) < 4.78 is 1.15. The van der Waals surface area contributed by atoms with E-state index in [1.54, 1.807) is 35.6 Å². The van der Waals surface area contributed by atoms with Gasteiger partial charge in [0.15, 0.2) is 11.6 Å². The largest absolute Gasteiger partial charge is 0.392 e. The molecule has 1 heterocycles. The Bertz CT molecular complexity index is 864. The topological polar surface area (TPSA) is 54.4 Å². The number of hydrogen-bond donors (Lipinski definition) is 1. The maximum absolute atomic E-state index is 12.3. The highest BCUT2D eigenvalue weighted by molar-refractivity contribution is 7.17. The fourth-order valence-corrected chi connectivity index (χ4v) is 3.35. The van der Waals surface area contributed by atoms with Crippen LogP contribution in [-0.4, -0.2) is 16.7 Å². The van der Waals surface area contributed by atoms with Crippen molar-refractivity contribution in [3.8, 4) is 0 Å².